The summed E-state index contributed by atoms with van der Waals surface area (Å²) in [6, 6.07) is 15.9. The molecule has 1 aliphatic heterocycles. The number of hydrogen-bond donors (Lipinski definition) is 2. The minimum atomic E-state index is -0.615. The van der Waals surface area contributed by atoms with Crippen LogP contribution in [0, 0.1) is 12.8 Å². The first-order valence-corrected chi connectivity index (χ1v) is 11.0. The molecule has 2 aromatic rings. The Labute approximate surface area is 184 Å². The van der Waals surface area contributed by atoms with Gasteiger partial charge in [-0.05, 0) is 56.4 Å². The quantitative estimate of drug-likeness (QED) is 0.721. The molecule has 1 fully saturated rings. The molecule has 0 aromatic heterocycles. The van der Waals surface area contributed by atoms with Crippen molar-refractivity contribution < 1.29 is 14.4 Å². The maximum Gasteiger partial charge on any atom is 0.253 e. The molecule has 3 rings (SSSR count). The van der Waals surface area contributed by atoms with Crippen molar-refractivity contribution in [2.45, 2.75) is 39.2 Å². The van der Waals surface area contributed by atoms with E-state index in [4.69, 9.17) is 0 Å². The summed E-state index contributed by atoms with van der Waals surface area (Å²) in [6.07, 6.45) is 2.15. The van der Waals surface area contributed by atoms with Gasteiger partial charge in [-0.2, -0.15) is 0 Å². The predicted octanol–water partition coefficient (Wildman–Crippen LogP) is 3.17. The van der Waals surface area contributed by atoms with Gasteiger partial charge in [-0.15, -0.1) is 0 Å². The molecule has 31 heavy (non-hydrogen) atoms. The molecule has 6 heteroatoms. The third kappa shape index (κ3) is 5.94. The fraction of sp³-hybridized carbons (Fsp3) is 0.400. The summed E-state index contributed by atoms with van der Waals surface area (Å²) in [6.45, 7) is 5.67. The van der Waals surface area contributed by atoms with E-state index >= 15 is 0 Å². The lowest BCUT2D eigenvalue weighted by Gasteiger charge is -2.36. The summed E-state index contributed by atoms with van der Waals surface area (Å²) in [5, 5.41) is 5.86. The first kappa shape index (κ1) is 22.5. The molecule has 1 atom stereocenters. The molecule has 0 saturated carbocycles. The molecule has 0 bridgehead atoms. The highest BCUT2D eigenvalue weighted by molar-refractivity contribution is 5.97. The fourth-order valence-electron chi connectivity index (χ4n) is 3.97. The number of rotatable bonds is 7. The molecule has 2 aromatic carbocycles. The molecular formula is C25H31N3O3. The summed E-state index contributed by atoms with van der Waals surface area (Å²) in [5.74, 6) is -0.418. The average molecular weight is 422 g/mol. The molecule has 1 saturated heterocycles. The van der Waals surface area contributed by atoms with E-state index < -0.39 is 6.04 Å². The summed E-state index contributed by atoms with van der Waals surface area (Å²) in [5.41, 5.74) is 2.27. The molecule has 3 amide bonds. The molecular weight excluding hydrogens is 390 g/mol. The lowest BCUT2D eigenvalue weighted by atomic mass is 9.88. The number of carbonyl (C=O) groups excluding carboxylic acids is 3. The highest BCUT2D eigenvalue weighted by Crippen LogP contribution is 2.23. The molecule has 1 aliphatic rings. The van der Waals surface area contributed by atoms with Gasteiger partial charge in [0.25, 0.3) is 11.8 Å². The summed E-state index contributed by atoms with van der Waals surface area (Å²) >= 11 is 0. The van der Waals surface area contributed by atoms with Crippen LogP contribution in [-0.4, -0.2) is 48.3 Å². The van der Waals surface area contributed by atoms with Crippen molar-refractivity contribution in [3.63, 3.8) is 0 Å². The lowest BCUT2D eigenvalue weighted by molar-refractivity contribution is -0.124. The van der Waals surface area contributed by atoms with Gasteiger partial charge in [-0.25, -0.2) is 0 Å². The molecule has 164 valence electrons. The first-order chi connectivity index (χ1) is 15.0. The summed E-state index contributed by atoms with van der Waals surface area (Å²) in [7, 11) is 0. The number of carbonyl (C=O) groups is 3. The van der Waals surface area contributed by atoms with E-state index in [1.54, 1.807) is 24.3 Å². The van der Waals surface area contributed by atoms with Crippen molar-refractivity contribution in [3.8, 4) is 0 Å². The van der Waals surface area contributed by atoms with Crippen LogP contribution in [0.4, 0.5) is 0 Å². The minimum absolute atomic E-state index is 0.0162. The topological polar surface area (TPSA) is 78.5 Å². The number of nitrogens with one attached hydrogen (secondary N) is 2. The minimum Gasteiger partial charge on any atom is -0.354 e. The van der Waals surface area contributed by atoms with Gasteiger partial charge in [0.05, 0.1) is 0 Å². The zero-order valence-corrected chi connectivity index (χ0v) is 18.3. The lowest BCUT2D eigenvalue weighted by Crippen LogP contribution is -2.54. The predicted molar refractivity (Wildman–Crippen MR) is 121 cm³/mol. The number of amides is 3. The molecule has 1 heterocycles. The SMILES string of the molecule is CCCNC(=O)C(NC(=O)c1ccccc1)C1CCN(C(=O)c2cccc(C)c2)CC1. The van der Waals surface area contributed by atoms with Crippen LogP contribution >= 0.6 is 0 Å². The Hall–Kier alpha value is -3.15. The van der Waals surface area contributed by atoms with Crippen LogP contribution in [0.2, 0.25) is 0 Å². The number of hydrogen-bond acceptors (Lipinski definition) is 3. The van der Waals surface area contributed by atoms with E-state index in [0.29, 0.717) is 43.6 Å². The Bertz CT molecular complexity index is 905. The van der Waals surface area contributed by atoms with Crippen LogP contribution in [0.25, 0.3) is 0 Å². The number of aryl methyl sites for hydroxylation is 1. The van der Waals surface area contributed by atoms with Crippen LogP contribution in [-0.2, 0) is 4.79 Å². The zero-order chi connectivity index (χ0) is 22.2. The van der Waals surface area contributed by atoms with E-state index in [1.807, 2.05) is 49.1 Å². The van der Waals surface area contributed by atoms with Gasteiger partial charge in [-0.3, -0.25) is 14.4 Å². The number of piperidine rings is 1. The third-order valence-corrected chi connectivity index (χ3v) is 5.72. The van der Waals surface area contributed by atoms with Gasteiger partial charge < -0.3 is 15.5 Å². The second-order valence-corrected chi connectivity index (χ2v) is 8.11. The molecule has 0 spiro atoms. The average Bonchev–Trinajstić information content (AvgIpc) is 2.81. The normalized spacial score (nSPS) is 15.2. The molecule has 1 unspecified atom stereocenters. The Kier molecular flexibility index (Phi) is 7.82. The number of benzene rings is 2. The highest BCUT2D eigenvalue weighted by atomic mass is 16.2. The second kappa shape index (κ2) is 10.8. The van der Waals surface area contributed by atoms with Gasteiger partial charge >= 0.3 is 0 Å². The van der Waals surface area contributed by atoms with E-state index in [1.165, 1.54) is 0 Å². The fourth-order valence-corrected chi connectivity index (χ4v) is 3.97. The zero-order valence-electron chi connectivity index (χ0n) is 18.3. The number of nitrogens with zero attached hydrogens (tertiary/aromatic N) is 1. The summed E-state index contributed by atoms with van der Waals surface area (Å²) in [4.78, 5) is 40.2. The van der Waals surface area contributed by atoms with E-state index in [-0.39, 0.29) is 23.6 Å². The van der Waals surface area contributed by atoms with Gasteiger partial charge in [0, 0.05) is 30.8 Å². The van der Waals surface area contributed by atoms with E-state index in [2.05, 4.69) is 10.6 Å². The van der Waals surface area contributed by atoms with Crippen molar-refractivity contribution in [1.29, 1.82) is 0 Å². The van der Waals surface area contributed by atoms with Crippen molar-refractivity contribution in [3.05, 3.63) is 71.3 Å². The maximum atomic E-state index is 12.8. The van der Waals surface area contributed by atoms with Crippen molar-refractivity contribution in [2.24, 2.45) is 5.92 Å². The van der Waals surface area contributed by atoms with Gasteiger partial charge in [0.15, 0.2) is 0 Å². The van der Waals surface area contributed by atoms with Gasteiger partial charge in [-0.1, -0.05) is 42.8 Å². The molecule has 0 aliphatic carbocycles. The van der Waals surface area contributed by atoms with Crippen molar-refractivity contribution in [1.82, 2.24) is 15.5 Å². The Morgan fingerprint density at radius 3 is 2.32 bits per heavy atom. The monoisotopic (exact) mass is 421 g/mol. The van der Waals surface area contributed by atoms with Crippen LogP contribution in [0.15, 0.2) is 54.6 Å². The standard InChI is InChI=1S/C25H31N3O3/c1-3-14-26-24(30)22(27-23(29)20-9-5-4-6-10-20)19-12-15-28(16-13-19)25(31)21-11-7-8-18(2)17-21/h4-11,17,19,22H,3,12-16H2,1-2H3,(H,26,30)(H,27,29). The first-order valence-electron chi connectivity index (χ1n) is 11.0. The molecule has 6 nitrogen and oxygen atoms in total. The van der Waals surface area contributed by atoms with Gasteiger partial charge in [0.1, 0.15) is 6.04 Å². The van der Waals surface area contributed by atoms with Crippen LogP contribution in [0.5, 0.6) is 0 Å². The largest absolute Gasteiger partial charge is 0.354 e. The third-order valence-electron chi connectivity index (χ3n) is 5.72. The number of likely N-dealkylation sites (tertiary alicyclic amines) is 1. The van der Waals surface area contributed by atoms with Crippen LogP contribution < -0.4 is 10.6 Å². The molecule has 2 N–H and O–H groups in total. The molecule has 0 radical (unpaired) electrons. The van der Waals surface area contributed by atoms with Crippen LogP contribution in [0.1, 0.15) is 52.5 Å². The summed E-state index contributed by atoms with van der Waals surface area (Å²) < 4.78 is 0. The smallest absolute Gasteiger partial charge is 0.253 e. The van der Waals surface area contributed by atoms with Gasteiger partial charge in [0.2, 0.25) is 5.91 Å². The second-order valence-electron chi connectivity index (χ2n) is 8.11. The van der Waals surface area contributed by atoms with E-state index in [0.717, 1.165) is 12.0 Å². The van der Waals surface area contributed by atoms with E-state index in [9.17, 15) is 14.4 Å². The Morgan fingerprint density at radius 2 is 1.68 bits per heavy atom. The highest BCUT2D eigenvalue weighted by Gasteiger charge is 2.34. The maximum absolute atomic E-state index is 12.8. The Balaban J connectivity index is 1.66. The Morgan fingerprint density at radius 1 is 1.00 bits per heavy atom. The van der Waals surface area contributed by atoms with Crippen LogP contribution in [0.3, 0.4) is 0 Å². The van der Waals surface area contributed by atoms with Crippen molar-refractivity contribution in [2.75, 3.05) is 19.6 Å². The van der Waals surface area contributed by atoms with Crippen molar-refractivity contribution >= 4 is 17.7 Å².